The molecule has 43 heavy (non-hydrogen) atoms. The molecular formula is C31H28Cl2FN5O4. The molecule has 2 N–H and O–H groups in total. The lowest BCUT2D eigenvalue weighted by molar-refractivity contribution is -0.117. The van der Waals surface area contributed by atoms with Gasteiger partial charge in [-0.25, -0.2) is 14.4 Å². The fourth-order valence-electron chi connectivity index (χ4n) is 4.22. The van der Waals surface area contributed by atoms with Gasteiger partial charge in [0.1, 0.15) is 23.2 Å². The Hall–Kier alpha value is -4.54. The number of ether oxygens (including phenoxy) is 2. The van der Waals surface area contributed by atoms with Crippen molar-refractivity contribution < 1.29 is 23.5 Å². The van der Waals surface area contributed by atoms with Crippen molar-refractivity contribution in [2.24, 2.45) is 4.99 Å². The molecule has 5 rings (SSSR count). The minimum Gasteiger partial charge on any atom is -0.496 e. The minimum atomic E-state index is -1.45. The Morgan fingerprint density at radius 1 is 1.07 bits per heavy atom. The summed E-state index contributed by atoms with van der Waals surface area (Å²) in [5, 5.41) is 5.88. The lowest BCUT2D eigenvalue weighted by Crippen LogP contribution is -2.42. The maximum Gasteiger partial charge on any atom is 0.269 e. The van der Waals surface area contributed by atoms with Crippen LogP contribution in [0.1, 0.15) is 54.1 Å². The summed E-state index contributed by atoms with van der Waals surface area (Å²) in [6.45, 7) is 5.71. The lowest BCUT2D eigenvalue weighted by atomic mass is 9.99. The standard InChI is InChI=1S/C29H22Cl2FN5O4.C2H6/c1-15(21-8-5-6-10-33-21)41-29-19(13-17(32)14-34-29)27(38)37-26-28(39)35-22-9-4-3-7-18(22)25(36-26)24-20(31)11-16(30)12-23(24)40-2;1-2/h3-15,26H,1-2H3,(H,35,39)(H,37,38);1-2H3. The van der Waals surface area contributed by atoms with E-state index >= 15 is 0 Å². The molecular weight excluding hydrogens is 596 g/mol. The molecule has 2 atom stereocenters. The second kappa shape index (κ2) is 14.1. The maximum atomic E-state index is 14.3. The van der Waals surface area contributed by atoms with E-state index in [0.29, 0.717) is 33.3 Å². The Morgan fingerprint density at radius 2 is 1.81 bits per heavy atom. The summed E-state index contributed by atoms with van der Waals surface area (Å²) in [7, 11) is 1.45. The second-order valence-electron chi connectivity index (χ2n) is 8.87. The van der Waals surface area contributed by atoms with Crippen LogP contribution in [0.2, 0.25) is 10.0 Å². The maximum absolute atomic E-state index is 14.3. The third kappa shape index (κ3) is 7.10. The summed E-state index contributed by atoms with van der Waals surface area (Å²) < 4.78 is 25.6. The van der Waals surface area contributed by atoms with E-state index in [9.17, 15) is 14.0 Å². The first-order valence-electron chi connectivity index (χ1n) is 13.3. The number of hydrogen-bond donors (Lipinski definition) is 2. The largest absolute Gasteiger partial charge is 0.496 e. The van der Waals surface area contributed by atoms with Gasteiger partial charge in [-0.15, -0.1) is 0 Å². The fourth-order valence-corrected chi connectivity index (χ4v) is 4.79. The monoisotopic (exact) mass is 623 g/mol. The Bertz CT molecular complexity index is 1670. The molecule has 12 heteroatoms. The number of nitrogens with one attached hydrogen (secondary N) is 2. The van der Waals surface area contributed by atoms with E-state index in [-0.39, 0.29) is 22.2 Å². The highest BCUT2D eigenvalue weighted by Crippen LogP contribution is 2.36. The molecule has 0 saturated carbocycles. The van der Waals surface area contributed by atoms with Crippen LogP contribution in [0.15, 0.2) is 78.0 Å². The number of nitrogens with zero attached hydrogens (tertiary/aromatic N) is 3. The SMILES string of the molecule is CC.COc1cc(Cl)cc(Cl)c1C1=NC(NC(=O)c2cc(F)cnc2OC(C)c2ccccn2)C(=O)Nc2ccccc21. The Morgan fingerprint density at radius 3 is 2.53 bits per heavy atom. The molecule has 2 unspecified atom stereocenters. The highest BCUT2D eigenvalue weighted by Gasteiger charge is 2.31. The van der Waals surface area contributed by atoms with Gasteiger partial charge >= 0.3 is 0 Å². The van der Waals surface area contributed by atoms with Crippen LogP contribution in [-0.2, 0) is 4.79 Å². The molecule has 3 heterocycles. The molecule has 1 aliphatic heterocycles. The molecule has 2 amide bonds. The van der Waals surface area contributed by atoms with Crippen molar-refractivity contribution in [2.45, 2.75) is 33.0 Å². The zero-order valence-corrected chi connectivity index (χ0v) is 25.2. The zero-order chi connectivity index (χ0) is 31.1. The highest BCUT2D eigenvalue weighted by molar-refractivity contribution is 6.39. The van der Waals surface area contributed by atoms with Crippen molar-refractivity contribution in [3.63, 3.8) is 0 Å². The molecule has 4 aromatic rings. The topological polar surface area (TPSA) is 115 Å². The van der Waals surface area contributed by atoms with Gasteiger partial charge in [0.05, 0.1) is 41.0 Å². The molecule has 2 aromatic heterocycles. The number of fused-ring (bicyclic) bond motifs is 1. The number of carbonyl (C=O) groups excluding carboxylic acids is 2. The number of hydrogen-bond acceptors (Lipinski definition) is 7. The predicted molar refractivity (Wildman–Crippen MR) is 164 cm³/mol. The molecule has 0 spiro atoms. The molecule has 222 valence electrons. The summed E-state index contributed by atoms with van der Waals surface area (Å²) >= 11 is 12.8. The summed E-state index contributed by atoms with van der Waals surface area (Å²) in [5.41, 5.74) is 1.93. The van der Waals surface area contributed by atoms with Gasteiger partial charge in [-0.2, -0.15) is 0 Å². The smallest absolute Gasteiger partial charge is 0.269 e. The van der Waals surface area contributed by atoms with Crippen LogP contribution in [-0.4, -0.2) is 40.8 Å². The summed E-state index contributed by atoms with van der Waals surface area (Å²) in [6, 6.07) is 16.3. The highest BCUT2D eigenvalue weighted by atomic mass is 35.5. The van der Waals surface area contributed by atoms with Gasteiger partial charge in [0.15, 0.2) is 0 Å². The summed E-state index contributed by atoms with van der Waals surface area (Å²) in [6.07, 6.45) is 0.463. The third-order valence-electron chi connectivity index (χ3n) is 6.15. The van der Waals surface area contributed by atoms with E-state index in [0.717, 1.165) is 12.3 Å². The number of para-hydroxylation sites is 1. The van der Waals surface area contributed by atoms with Gasteiger partial charge in [0.2, 0.25) is 12.0 Å². The number of anilines is 1. The summed E-state index contributed by atoms with van der Waals surface area (Å²) in [5.74, 6) is -2.09. The van der Waals surface area contributed by atoms with E-state index in [4.69, 9.17) is 32.7 Å². The Labute approximate surface area is 258 Å². The lowest BCUT2D eigenvalue weighted by Gasteiger charge is -2.18. The fraction of sp³-hybridized carbons (Fsp3) is 0.194. The molecule has 2 aromatic carbocycles. The van der Waals surface area contributed by atoms with Gasteiger partial charge in [-0.05, 0) is 43.3 Å². The van der Waals surface area contributed by atoms with Crippen molar-refractivity contribution in [2.75, 3.05) is 12.4 Å². The van der Waals surface area contributed by atoms with E-state index in [1.54, 1.807) is 61.7 Å². The molecule has 0 radical (unpaired) electrons. The van der Waals surface area contributed by atoms with Crippen molar-refractivity contribution in [3.8, 4) is 11.6 Å². The Kier molecular flexibility index (Phi) is 10.3. The Balaban J connectivity index is 0.00000207. The molecule has 0 fully saturated rings. The van der Waals surface area contributed by atoms with Crippen LogP contribution >= 0.6 is 23.2 Å². The van der Waals surface area contributed by atoms with Crippen LogP contribution in [0.4, 0.5) is 10.1 Å². The van der Waals surface area contributed by atoms with Crippen LogP contribution in [0.5, 0.6) is 11.6 Å². The number of carbonyl (C=O) groups is 2. The van der Waals surface area contributed by atoms with Crippen LogP contribution in [0.3, 0.4) is 0 Å². The van der Waals surface area contributed by atoms with E-state index < -0.39 is 29.9 Å². The van der Waals surface area contributed by atoms with E-state index in [1.807, 2.05) is 13.8 Å². The predicted octanol–water partition coefficient (Wildman–Crippen LogP) is 6.64. The van der Waals surface area contributed by atoms with Gasteiger partial charge in [-0.3, -0.25) is 14.6 Å². The number of benzodiazepines with no additional fused rings is 1. The van der Waals surface area contributed by atoms with Gasteiger partial charge in [-0.1, -0.05) is 61.3 Å². The average molecular weight is 625 g/mol. The van der Waals surface area contributed by atoms with Gasteiger partial charge < -0.3 is 20.1 Å². The third-order valence-corrected chi connectivity index (χ3v) is 6.66. The van der Waals surface area contributed by atoms with Crippen LogP contribution in [0, 0.1) is 5.82 Å². The number of methoxy groups -OCH3 is 1. The molecule has 0 aliphatic carbocycles. The second-order valence-corrected chi connectivity index (χ2v) is 9.72. The van der Waals surface area contributed by atoms with Crippen molar-refractivity contribution in [1.29, 1.82) is 0 Å². The molecule has 1 aliphatic rings. The molecule has 0 saturated heterocycles. The normalized spacial score (nSPS) is 14.5. The summed E-state index contributed by atoms with van der Waals surface area (Å²) in [4.78, 5) is 39.6. The molecule has 9 nitrogen and oxygen atoms in total. The number of benzene rings is 2. The minimum absolute atomic E-state index is 0.147. The zero-order valence-electron chi connectivity index (χ0n) is 23.7. The van der Waals surface area contributed by atoms with Crippen LogP contribution in [0.25, 0.3) is 0 Å². The van der Waals surface area contributed by atoms with E-state index in [1.165, 1.54) is 13.2 Å². The first-order chi connectivity index (χ1) is 20.7. The number of rotatable bonds is 7. The number of halogens is 3. The number of amides is 2. The number of aliphatic imine (C=N–C) groups is 1. The first-order valence-corrected chi connectivity index (χ1v) is 14.1. The quantitative estimate of drug-likeness (QED) is 0.238. The van der Waals surface area contributed by atoms with Gasteiger partial charge in [0, 0.05) is 16.8 Å². The number of pyridine rings is 2. The number of aromatic nitrogens is 2. The van der Waals surface area contributed by atoms with Crippen molar-refractivity contribution in [3.05, 3.63) is 111 Å². The van der Waals surface area contributed by atoms with E-state index in [2.05, 4.69) is 25.6 Å². The average Bonchev–Trinajstić information content (AvgIpc) is 3.14. The first kappa shape index (κ1) is 31.4. The van der Waals surface area contributed by atoms with Crippen molar-refractivity contribution >= 4 is 46.4 Å². The van der Waals surface area contributed by atoms with Crippen molar-refractivity contribution in [1.82, 2.24) is 15.3 Å². The van der Waals surface area contributed by atoms with Crippen LogP contribution < -0.4 is 20.1 Å². The molecule has 0 bridgehead atoms. The van der Waals surface area contributed by atoms with Gasteiger partial charge in [0.25, 0.3) is 11.8 Å².